The van der Waals surface area contributed by atoms with Crippen LogP contribution in [0.3, 0.4) is 0 Å². The molecule has 2 heterocycles. The SMILES string of the molecule is CC1OCCC1CNc1nnc(Cl)c2ccccc12. The van der Waals surface area contributed by atoms with Crippen LogP contribution in [0.25, 0.3) is 10.8 Å². The maximum Gasteiger partial charge on any atom is 0.159 e. The van der Waals surface area contributed by atoms with Gasteiger partial charge in [-0.1, -0.05) is 35.9 Å². The van der Waals surface area contributed by atoms with E-state index in [2.05, 4.69) is 22.4 Å². The monoisotopic (exact) mass is 277 g/mol. The van der Waals surface area contributed by atoms with Gasteiger partial charge in [0.2, 0.25) is 0 Å². The zero-order chi connectivity index (χ0) is 13.2. The second kappa shape index (κ2) is 5.31. The van der Waals surface area contributed by atoms with Crippen LogP contribution in [-0.2, 0) is 4.74 Å². The highest BCUT2D eigenvalue weighted by molar-refractivity contribution is 6.34. The maximum atomic E-state index is 6.06. The van der Waals surface area contributed by atoms with Gasteiger partial charge in [-0.25, -0.2) is 0 Å². The summed E-state index contributed by atoms with van der Waals surface area (Å²) in [5.74, 6) is 1.32. The predicted octanol–water partition coefficient (Wildman–Crippen LogP) is 3.12. The average molecular weight is 278 g/mol. The standard InChI is InChI=1S/C14H16ClN3O/c1-9-10(6-7-19-9)8-16-14-12-5-3-2-4-11(12)13(15)17-18-14/h2-5,9-10H,6-8H2,1H3,(H,16,18). The van der Waals surface area contributed by atoms with Crippen molar-refractivity contribution in [3.63, 3.8) is 0 Å². The van der Waals surface area contributed by atoms with Crippen LogP contribution in [-0.4, -0.2) is 29.5 Å². The predicted molar refractivity (Wildman–Crippen MR) is 76.6 cm³/mol. The molecule has 2 aromatic rings. The Bertz CT molecular complexity index is 590. The fourth-order valence-electron chi connectivity index (χ4n) is 2.47. The lowest BCUT2D eigenvalue weighted by Gasteiger charge is -2.15. The average Bonchev–Trinajstić information content (AvgIpc) is 2.84. The minimum Gasteiger partial charge on any atom is -0.378 e. The van der Waals surface area contributed by atoms with E-state index >= 15 is 0 Å². The molecule has 5 heteroatoms. The van der Waals surface area contributed by atoms with Crippen molar-refractivity contribution in [2.45, 2.75) is 19.4 Å². The summed E-state index contributed by atoms with van der Waals surface area (Å²) in [6, 6.07) is 7.89. The summed E-state index contributed by atoms with van der Waals surface area (Å²) in [5, 5.41) is 13.9. The zero-order valence-electron chi connectivity index (χ0n) is 10.8. The van der Waals surface area contributed by atoms with Crippen molar-refractivity contribution in [2.24, 2.45) is 5.92 Å². The zero-order valence-corrected chi connectivity index (χ0v) is 11.5. The van der Waals surface area contributed by atoms with E-state index in [4.69, 9.17) is 16.3 Å². The molecule has 1 aromatic heterocycles. The Morgan fingerprint density at radius 3 is 2.84 bits per heavy atom. The van der Waals surface area contributed by atoms with E-state index < -0.39 is 0 Å². The lowest BCUT2D eigenvalue weighted by molar-refractivity contribution is 0.108. The minimum atomic E-state index is 0.305. The number of hydrogen-bond acceptors (Lipinski definition) is 4. The normalized spacial score (nSPS) is 22.8. The van der Waals surface area contributed by atoms with Gasteiger partial charge >= 0.3 is 0 Å². The Morgan fingerprint density at radius 1 is 1.32 bits per heavy atom. The lowest BCUT2D eigenvalue weighted by atomic mass is 10.0. The van der Waals surface area contributed by atoms with Gasteiger partial charge in [-0.3, -0.25) is 0 Å². The molecule has 19 heavy (non-hydrogen) atoms. The van der Waals surface area contributed by atoms with Crippen molar-refractivity contribution >= 4 is 28.2 Å². The smallest absolute Gasteiger partial charge is 0.159 e. The summed E-state index contributed by atoms with van der Waals surface area (Å²) in [6.07, 6.45) is 1.40. The number of benzene rings is 1. The quantitative estimate of drug-likeness (QED) is 0.936. The minimum absolute atomic E-state index is 0.305. The van der Waals surface area contributed by atoms with Gasteiger partial charge in [0, 0.05) is 29.8 Å². The van der Waals surface area contributed by atoms with Gasteiger partial charge in [0.25, 0.3) is 0 Å². The third-order valence-corrected chi connectivity index (χ3v) is 3.99. The summed E-state index contributed by atoms with van der Waals surface area (Å²) in [5.41, 5.74) is 0. The van der Waals surface area contributed by atoms with Crippen LogP contribution in [0.5, 0.6) is 0 Å². The molecule has 2 atom stereocenters. The van der Waals surface area contributed by atoms with E-state index in [1.807, 2.05) is 24.3 Å². The number of halogens is 1. The molecular formula is C14H16ClN3O. The van der Waals surface area contributed by atoms with Gasteiger partial charge in [0.05, 0.1) is 6.10 Å². The summed E-state index contributed by atoms with van der Waals surface area (Å²) < 4.78 is 5.56. The van der Waals surface area contributed by atoms with Crippen molar-refractivity contribution < 1.29 is 4.74 Å². The molecule has 0 saturated carbocycles. The number of nitrogens with one attached hydrogen (secondary N) is 1. The lowest BCUT2D eigenvalue weighted by Crippen LogP contribution is -2.21. The molecule has 100 valence electrons. The molecule has 0 aliphatic carbocycles. The topological polar surface area (TPSA) is 47.0 Å². The fourth-order valence-corrected chi connectivity index (χ4v) is 2.68. The molecule has 2 unspecified atom stereocenters. The largest absolute Gasteiger partial charge is 0.378 e. The van der Waals surface area contributed by atoms with Gasteiger partial charge in [-0.15, -0.1) is 10.2 Å². The third-order valence-electron chi connectivity index (χ3n) is 3.71. The van der Waals surface area contributed by atoms with Crippen LogP contribution >= 0.6 is 11.6 Å². The van der Waals surface area contributed by atoms with Crippen LogP contribution < -0.4 is 5.32 Å². The van der Waals surface area contributed by atoms with Gasteiger partial charge in [-0.05, 0) is 13.3 Å². The number of nitrogens with zero attached hydrogens (tertiary/aromatic N) is 2. The number of fused-ring (bicyclic) bond motifs is 1. The van der Waals surface area contributed by atoms with E-state index in [-0.39, 0.29) is 0 Å². The fraction of sp³-hybridized carbons (Fsp3) is 0.429. The van der Waals surface area contributed by atoms with Gasteiger partial charge in [0.15, 0.2) is 11.0 Å². The molecule has 4 nitrogen and oxygen atoms in total. The van der Waals surface area contributed by atoms with Gasteiger partial charge < -0.3 is 10.1 Å². The molecule has 1 saturated heterocycles. The molecule has 3 rings (SSSR count). The Kier molecular flexibility index (Phi) is 3.53. The Balaban J connectivity index is 1.83. The molecule has 1 aliphatic heterocycles. The first kappa shape index (κ1) is 12.6. The second-order valence-corrected chi connectivity index (χ2v) is 5.25. The molecule has 1 aromatic carbocycles. The van der Waals surface area contributed by atoms with E-state index in [1.165, 1.54) is 0 Å². The molecule has 1 fully saturated rings. The van der Waals surface area contributed by atoms with Gasteiger partial charge in [-0.2, -0.15) is 0 Å². The molecule has 1 N–H and O–H groups in total. The highest BCUT2D eigenvalue weighted by Crippen LogP contribution is 2.27. The number of anilines is 1. The Morgan fingerprint density at radius 2 is 2.11 bits per heavy atom. The summed E-state index contributed by atoms with van der Waals surface area (Å²) in [4.78, 5) is 0. The Labute approximate surface area is 117 Å². The number of hydrogen-bond donors (Lipinski definition) is 1. The van der Waals surface area contributed by atoms with Crippen LogP contribution in [0.1, 0.15) is 13.3 Å². The summed E-state index contributed by atoms with van der Waals surface area (Å²) >= 11 is 6.06. The van der Waals surface area contributed by atoms with E-state index in [0.717, 1.165) is 36.2 Å². The number of aromatic nitrogens is 2. The Hall–Kier alpha value is -1.39. The van der Waals surface area contributed by atoms with Crippen LogP contribution in [0.2, 0.25) is 5.15 Å². The first-order valence-electron chi connectivity index (χ1n) is 6.52. The van der Waals surface area contributed by atoms with Crippen LogP contribution in [0.15, 0.2) is 24.3 Å². The molecule has 0 spiro atoms. The van der Waals surface area contributed by atoms with Crippen molar-refractivity contribution in [3.8, 4) is 0 Å². The molecule has 1 aliphatic rings. The van der Waals surface area contributed by atoms with Crippen molar-refractivity contribution in [1.82, 2.24) is 10.2 Å². The molecule has 0 amide bonds. The second-order valence-electron chi connectivity index (χ2n) is 4.89. The summed E-state index contributed by atoms with van der Waals surface area (Å²) in [6.45, 7) is 3.81. The highest BCUT2D eigenvalue weighted by Gasteiger charge is 2.24. The number of ether oxygens (including phenoxy) is 1. The third kappa shape index (κ3) is 2.51. The van der Waals surface area contributed by atoms with Crippen LogP contribution in [0, 0.1) is 5.92 Å². The molecule has 0 radical (unpaired) electrons. The maximum absolute atomic E-state index is 6.06. The highest BCUT2D eigenvalue weighted by atomic mass is 35.5. The van der Waals surface area contributed by atoms with E-state index in [9.17, 15) is 0 Å². The van der Waals surface area contributed by atoms with Crippen molar-refractivity contribution in [1.29, 1.82) is 0 Å². The number of rotatable bonds is 3. The van der Waals surface area contributed by atoms with Gasteiger partial charge in [0.1, 0.15) is 0 Å². The van der Waals surface area contributed by atoms with Crippen molar-refractivity contribution in [2.75, 3.05) is 18.5 Å². The molecular weight excluding hydrogens is 262 g/mol. The summed E-state index contributed by atoms with van der Waals surface area (Å²) in [7, 11) is 0. The van der Waals surface area contributed by atoms with E-state index in [1.54, 1.807) is 0 Å². The molecule has 0 bridgehead atoms. The first-order valence-corrected chi connectivity index (χ1v) is 6.90. The van der Waals surface area contributed by atoms with Crippen molar-refractivity contribution in [3.05, 3.63) is 29.4 Å². The van der Waals surface area contributed by atoms with E-state index in [0.29, 0.717) is 17.2 Å². The first-order chi connectivity index (χ1) is 9.25. The van der Waals surface area contributed by atoms with Crippen LogP contribution in [0.4, 0.5) is 5.82 Å².